The van der Waals surface area contributed by atoms with Crippen molar-refractivity contribution in [1.82, 2.24) is 4.31 Å². The first-order chi connectivity index (χ1) is 9.75. The normalized spacial score (nSPS) is 14.0. The molecular weight excluding hydrogens is 284 g/mol. The van der Waals surface area contributed by atoms with Gasteiger partial charge >= 0.3 is 0 Å². The van der Waals surface area contributed by atoms with Crippen LogP contribution in [0.15, 0.2) is 41.3 Å². The summed E-state index contributed by atoms with van der Waals surface area (Å²) >= 11 is 0. The summed E-state index contributed by atoms with van der Waals surface area (Å²) in [4.78, 5) is 0.329. The number of hydrogen-bond acceptors (Lipinski definition) is 3. The van der Waals surface area contributed by atoms with Crippen LogP contribution in [-0.2, 0) is 10.0 Å². The van der Waals surface area contributed by atoms with Crippen molar-refractivity contribution >= 4 is 26.5 Å². The van der Waals surface area contributed by atoms with Crippen molar-refractivity contribution in [2.24, 2.45) is 5.92 Å². The highest BCUT2D eigenvalue weighted by molar-refractivity contribution is 7.89. The summed E-state index contributed by atoms with van der Waals surface area (Å²) in [6, 6.07) is 10.5. The van der Waals surface area contributed by atoms with Crippen molar-refractivity contribution < 1.29 is 8.42 Å². The van der Waals surface area contributed by atoms with E-state index in [1.807, 2.05) is 26.8 Å². The number of benzene rings is 2. The van der Waals surface area contributed by atoms with Gasteiger partial charge in [0.15, 0.2) is 0 Å². The second-order valence-electron chi connectivity index (χ2n) is 5.74. The molecule has 1 unspecified atom stereocenters. The predicted molar refractivity (Wildman–Crippen MR) is 87.6 cm³/mol. The number of hydrogen-bond donors (Lipinski definition) is 1. The molecule has 0 aliphatic rings. The number of nitrogens with zero attached hydrogens (tertiary/aromatic N) is 1. The van der Waals surface area contributed by atoms with Gasteiger partial charge in [0.1, 0.15) is 0 Å². The minimum Gasteiger partial charge on any atom is -0.399 e. The molecule has 2 N–H and O–H groups in total. The van der Waals surface area contributed by atoms with Gasteiger partial charge in [-0.3, -0.25) is 0 Å². The van der Waals surface area contributed by atoms with Gasteiger partial charge in [-0.1, -0.05) is 32.0 Å². The summed E-state index contributed by atoms with van der Waals surface area (Å²) in [5, 5.41) is 1.54. The first kappa shape index (κ1) is 15.8. The van der Waals surface area contributed by atoms with Crippen LogP contribution in [0.5, 0.6) is 0 Å². The lowest BCUT2D eigenvalue weighted by Crippen LogP contribution is -2.38. The molecule has 21 heavy (non-hydrogen) atoms. The van der Waals surface area contributed by atoms with E-state index in [-0.39, 0.29) is 12.0 Å². The number of fused-ring (bicyclic) bond motifs is 1. The molecule has 2 aromatic rings. The highest BCUT2D eigenvalue weighted by Gasteiger charge is 2.28. The van der Waals surface area contributed by atoms with E-state index in [1.165, 1.54) is 4.31 Å². The van der Waals surface area contributed by atoms with Crippen molar-refractivity contribution in [1.29, 1.82) is 0 Å². The standard InChI is InChI=1S/C16H22N2O2S/c1-11(2)12(3)18(4)21(19,20)16-7-5-6-13-10-14(17)8-9-15(13)16/h5-12H,17H2,1-4H3. The predicted octanol–water partition coefficient (Wildman–Crippen LogP) is 3.09. The number of nitrogen functional groups attached to an aromatic ring is 1. The van der Waals surface area contributed by atoms with Gasteiger partial charge in [0, 0.05) is 24.2 Å². The van der Waals surface area contributed by atoms with E-state index in [1.54, 1.807) is 37.4 Å². The second-order valence-corrected chi connectivity index (χ2v) is 7.71. The van der Waals surface area contributed by atoms with Crippen LogP contribution < -0.4 is 5.73 Å². The van der Waals surface area contributed by atoms with Gasteiger partial charge in [0.2, 0.25) is 10.0 Å². The van der Waals surface area contributed by atoms with E-state index >= 15 is 0 Å². The Morgan fingerprint density at radius 1 is 1.10 bits per heavy atom. The van der Waals surface area contributed by atoms with Crippen LogP contribution in [0.25, 0.3) is 10.8 Å². The monoisotopic (exact) mass is 306 g/mol. The highest BCUT2D eigenvalue weighted by Crippen LogP contribution is 2.28. The SMILES string of the molecule is CC(C)C(C)N(C)S(=O)(=O)c1cccc2cc(N)ccc12. The molecule has 0 aliphatic carbocycles. The number of anilines is 1. The van der Waals surface area contributed by atoms with E-state index < -0.39 is 10.0 Å². The van der Waals surface area contributed by atoms with Gasteiger partial charge in [-0.2, -0.15) is 4.31 Å². The van der Waals surface area contributed by atoms with Crippen LogP contribution in [0.3, 0.4) is 0 Å². The van der Waals surface area contributed by atoms with Gasteiger partial charge in [-0.25, -0.2) is 8.42 Å². The van der Waals surface area contributed by atoms with Crippen LogP contribution in [0.1, 0.15) is 20.8 Å². The van der Waals surface area contributed by atoms with E-state index in [0.717, 1.165) is 5.39 Å². The molecule has 0 fully saturated rings. The average Bonchev–Trinajstić information content (AvgIpc) is 2.44. The molecule has 114 valence electrons. The molecule has 0 heterocycles. The van der Waals surface area contributed by atoms with Crippen molar-refractivity contribution in [3.05, 3.63) is 36.4 Å². The molecular formula is C16H22N2O2S. The zero-order chi connectivity index (χ0) is 15.8. The number of sulfonamides is 1. The molecule has 0 amide bonds. The molecule has 0 aromatic heterocycles. The van der Waals surface area contributed by atoms with Gasteiger partial charge in [-0.15, -0.1) is 0 Å². The Balaban J connectivity index is 2.60. The van der Waals surface area contributed by atoms with E-state index in [9.17, 15) is 8.42 Å². The largest absolute Gasteiger partial charge is 0.399 e. The van der Waals surface area contributed by atoms with Gasteiger partial charge in [-0.05, 0) is 36.4 Å². The summed E-state index contributed by atoms with van der Waals surface area (Å²) < 4.78 is 27.2. The Labute approximate surface area is 126 Å². The fourth-order valence-electron chi connectivity index (χ4n) is 2.29. The maximum atomic E-state index is 12.9. The molecule has 0 spiro atoms. The van der Waals surface area contributed by atoms with Crippen molar-refractivity contribution in [2.45, 2.75) is 31.7 Å². The Morgan fingerprint density at radius 3 is 2.38 bits per heavy atom. The maximum absolute atomic E-state index is 12.9. The van der Waals surface area contributed by atoms with Crippen LogP contribution >= 0.6 is 0 Å². The Bertz CT molecular complexity index is 754. The number of nitrogens with two attached hydrogens (primary N) is 1. The van der Waals surface area contributed by atoms with E-state index in [4.69, 9.17) is 5.73 Å². The zero-order valence-electron chi connectivity index (χ0n) is 12.9. The molecule has 0 saturated carbocycles. The third-order valence-corrected chi connectivity index (χ3v) is 6.06. The van der Waals surface area contributed by atoms with Crippen LogP contribution in [0.2, 0.25) is 0 Å². The van der Waals surface area contributed by atoms with E-state index in [0.29, 0.717) is 16.0 Å². The highest BCUT2D eigenvalue weighted by atomic mass is 32.2. The molecule has 0 bridgehead atoms. The lowest BCUT2D eigenvalue weighted by molar-refractivity contribution is 0.316. The van der Waals surface area contributed by atoms with Crippen molar-refractivity contribution in [2.75, 3.05) is 12.8 Å². The Morgan fingerprint density at radius 2 is 1.76 bits per heavy atom. The smallest absolute Gasteiger partial charge is 0.243 e. The third kappa shape index (κ3) is 2.89. The molecule has 1 atom stereocenters. The van der Waals surface area contributed by atoms with Crippen LogP contribution in [-0.4, -0.2) is 25.8 Å². The van der Waals surface area contributed by atoms with Gasteiger partial charge in [0.25, 0.3) is 0 Å². The third-order valence-electron chi connectivity index (χ3n) is 4.06. The number of rotatable bonds is 4. The lowest BCUT2D eigenvalue weighted by Gasteiger charge is -2.27. The van der Waals surface area contributed by atoms with Gasteiger partial charge < -0.3 is 5.73 Å². The van der Waals surface area contributed by atoms with Crippen molar-refractivity contribution in [3.63, 3.8) is 0 Å². The summed E-state index contributed by atoms with van der Waals surface area (Å²) in [6.45, 7) is 5.95. The molecule has 2 rings (SSSR count). The lowest BCUT2D eigenvalue weighted by atomic mass is 10.1. The Hall–Kier alpha value is -1.59. The first-order valence-corrected chi connectivity index (χ1v) is 8.45. The first-order valence-electron chi connectivity index (χ1n) is 7.01. The minimum absolute atomic E-state index is 0.0703. The Kier molecular flexibility index (Phi) is 4.25. The van der Waals surface area contributed by atoms with E-state index in [2.05, 4.69) is 0 Å². The molecule has 5 heteroatoms. The zero-order valence-corrected chi connectivity index (χ0v) is 13.7. The molecule has 0 aliphatic heterocycles. The summed E-state index contributed by atoms with van der Waals surface area (Å²) in [5.74, 6) is 0.246. The maximum Gasteiger partial charge on any atom is 0.243 e. The molecule has 0 saturated heterocycles. The van der Waals surface area contributed by atoms with Gasteiger partial charge in [0.05, 0.1) is 4.90 Å². The average molecular weight is 306 g/mol. The van der Waals surface area contributed by atoms with Crippen LogP contribution in [0.4, 0.5) is 5.69 Å². The summed E-state index contributed by atoms with van der Waals surface area (Å²) in [6.07, 6.45) is 0. The molecule has 2 aromatic carbocycles. The fraction of sp³-hybridized carbons (Fsp3) is 0.375. The fourth-order valence-corrected chi connectivity index (χ4v) is 4.00. The summed E-state index contributed by atoms with van der Waals surface area (Å²) in [5.41, 5.74) is 6.40. The molecule has 0 radical (unpaired) electrons. The quantitative estimate of drug-likeness (QED) is 0.883. The van der Waals surface area contributed by atoms with Crippen LogP contribution in [0, 0.1) is 5.92 Å². The topological polar surface area (TPSA) is 63.4 Å². The second kappa shape index (κ2) is 5.66. The van der Waals surface area contributed by atoms with Crippen molar-refractivity contribution in [3.8, 4) is 0 Å². The summed E-state index contributed by atoms with van der Waals surface area (Å²) in [7, 11) is -1.90. The molecule has 4 nitrogen and oxygen atoms in total. The minimum atomic E-state index is -3.53.